The van der Waals surface area contributed by atoms with Gasteiger partial charge in [0.2, 0.25) is 6.34 Å². The largest absolute Gasteiger partial charge is 0.258 e. The maximum atomic E-state index is 3.91. The second-order valence-electron chi connectivity index (χ2n) is 2.30. The van der Waals surface area contributed by atoms with Crippen molar-refractivity contribution in [1.82, 2.24) is 9.80 Å². The lowest BCUT2D eigenvalue weighted by Crippen LogP contribution is -2.31. The van der Waals surface area contributed by atoms with Gasteiger partial charge >= 0.3 is 0 Å². The van der Waals surface area contributed by atoms with Gasteiger partial charge in [-0.05, 0) is 14.1 Å². The Kier molecular flexibility index (Phi) is 1.97. The third kappa shape index (κ3) is 1.95. The molecule has 1 aliphatic heterocycles. The van der Waals surface area contributed by atoms with Gasteiger partial charge in [-0.2, -0.15) is 0 Å². The average molecular weight is 125 g/mol. The lowest BCUT2D eigenvalue weighted by atomic mass is 10.7. The van der Waals surface area contributed by atoms with Crippen LogP contribution >= 0.6 is 0 Å². The maximum absolute atomic E-state index is 3.91. The van der Waals surface area contributed by atoms with E-state index in [0.717, 1.165) is 6.67 Å². The summed E-state index contributed by atoms with van der Waals surface area (Å²) in [5, 5.41) is 0. The molecule has 1 heterocycles. The first kappa shape index (κ1) is 6.45. The van der Waals surface area contributed by atoms with E-state index >= 15 is 0 Å². The quantitative estimate of drug-likeness (QED) is 0.482. The van der Waals surface area contributed by atoms with Crippen LogP contribution in [0.1, 0.15) is 0 Å². The highest BCUT2D eigenvalue weighted by Gasteiger charge is 2.11. The standard InChI is InChI=1S/C6H11N3/c1-8(2)6-9-4-3-7-5-9/h3-5H,6H2,1-2H3/q+1. The van der Waals surface area contributed by atoms with Crippen LogP contribution in [0.5, 0.6) is 0 Å². The fourth-order valence-electron chi connectivity index (χ4n) is 0.697. The van der Waals surface area contributed by atoms with Crippen LogP contribution in [0.3, 0.4) is 0 Å². The molecule has 0 atom stereocenters. The molecule has 0 spiro atoms. The van der Waals surface area contributed by atoms with Gasteiger partial charge in [0.1, 0.15) is 0 Å². The number of aliphatic imine (C=N–C) groups is 1. The van der Waals surface area contributed by atoms with Crippen molar-refractivity contribution >= 4 is 6.34 Å². The van der Waals surface area contributed by atoms with Crippen molar-refractivity contribution in [3.8, 4) is 0 Å². The monoisotopic (exact) mass is 125 g/mol. The maximum Gasteiger partial charge on any atom is 0.245 e. The summed E-state index contributed by atoms with van der Waals surface area (Å²) >= 11 is 0. The van der Waals surface area contributed by atoms with Gasteiger partial charge in [-0.25, -0.2) is 4.99 Å². The molecule has 0 saturated heterocycles. The fourth-order valence-corrected chi connectivity index (χ4v) is 0.697. The fraction of sp³-hybridized carbons (Fsp3) is 0.500. The van der Waals surface area contributed by atoms with Crippen LogP contribution in [-0.2, 0) is 0 Å². The van der Waals surface area contributed by atoms with Crippen LogP contribution in [0.2, 0.25) is 0 Å². The van der Waals surface area contributed by atoms with E-state index in [-0.39, 0.29) is 0 Å². The molecule has 0 aromatic carbocycles. The molecule has 0 fully saturated rings. The molecule has 9 heavy (non-hydrogen) atoms. The Hall–Kier alpha value is -0.670. The first-order valence-corrected chi connectivity index (χ1v) is 2.89. The van der Waals surface area contributed by atoms with Gasteiger partial charge in [0.15, 0.2) is 12.9 Å². The van der Waals surface area contributed by atoms with Gasteiger partial charge in [0.05, 0.1) is 6.20 Å². The lowest BCUT2D eigenvalue weighted by molar-refractivity contribution is 0.365. The molecule has 0 amide bonds. The van der Waals surface area contributed by atoms with E-state index < -0.39 is 0 Å². The molecule has 3 heteroatoms. The van der Waals surface area contributed by atoms with E-state index in [1.54, 1.807) is 12.5 Å². The average Bonchev–Trinajstić information content (AvgIpc) is 2.15. The zero-order valence-corrected chi connectivity index (χ0v) is 5.78. The topological polar surface area (TPSA) is 21.5 Å². The van der Waals surface area contributed by atoms with Gasteiger partial charge in [-0.1, -0.05) is 4.90 Å². The zero-order valence-electron chi connectivity index (χ0n) is 5.78. The number of rotatable bonds is 2. The summed E-state index contributed by atoms with van der Waals surface area (Å²) in [5.74, 6) is 0. The normalized spacial score (nSPS) is 18.1. The van der Waals surface area contributed by atoms with Crippen LogP contribution < -0.4 is 4.90 Å². The second-order valence-corrected chi connectivity index (χ2v) is 2.30. The Labute approximate surface area is 55.3 Å². The molecular formula is C6H11N3+. The highest BCUT2D eigenvalue weighted by atomic mass is 15.3. The van der Waals surface area contributed by atoms with Crippen molar-refractivity contribution in [1.29, 1.82) is 0 Å². The highest BCUT2D eigenvalue weighted by Crippen LogP contribution is 1.90. The summed E-state index contributed by atoms with van der Waals surface area (Å²) in [6.07, 6.45) is 5.53. The molecule has 1 aliphatic rings. The van der Waals surface area contributed by atoms with Crippen molar-refractivity contribution in [3.05, 3.63) is 12.4 Å². The second kappa shape index (κ2) is 2.75. The molecular weight excluding hydrogens is 114 g/mol. The molecule has 0 N–H and O–H groups in total. The van der Waals surface area contributed by atoms with Crippen molar-refractivity contribution in [2.75, 3.05) is 20.8 Å². The van der Waals surface area contributed by atoms with E-state index in [2.05, 4.69) is 9.89 Å². The highest BCUT2D eigenvalue weighted by molar-refractivity contribution is 5.63. The summed E-state index contributed by atoms with van der Waals surface area (Å²) in [4.78, 5) is 8.01. The van der Waals surface area contributed by atoms with E-state index in [4.69, 9.17) is 0 Å². The molecule has 0 bridgehead atoms. The molecule has 49 valence electrons. The molecule has 3 nitrogen and oxygen atoms in total. The SMILES string of the molecule is CN(C)C[N+]1C=CN=C1. The molecule has 0 saturated carbocycles. The van der Waals surface area contributed by atoms with E-state index in [9.17, 15) is 0 Å². The van der Waals surface area contributed by atoms with Crippen LogP contribution in [0.15, 0.2) is 17.4 Å². The van der Waals surface area contributed by atoms with Gasteiger partial charge in [-0.3, -0.25) is 4.90 Å². The Balaban J connectivity index is 2.29. The number of hydrogen-bond acceptors (Lipinski definition) is 3. The summed E-state index contributed by atoms with van der Waals surface area (Å²) in [6.45, 7) is 0.903. The first-order chi connectivity index (χ1) is 4.29. The molecule has 1 rings (SSSR count). The summed E-state index contributed by atoms with van der Waals surface area (Å²) in [5.41, 5.74) is 0. The van der Waals surface area contributed by atoms with E-state index in [1.807, 2.05) is 25.2 Å². The van der Waals surface area contributed by atoms with Crippen molar-refractivity contribution < 1.29 is 0 Å². The number of nitrogens with zero attached hydrogens (tertiary/aromatic N) is 3. The minimum Gasteiger partial charge on any atom is -0.258 e. The van der Waals surface area contributed by atoms with Gasteiger partial charge < -0.3 is 0 Å². The Morgan fingerprint density at radius 2 is 2.33 bits per heavy atom. The zero-order chi connectivity index (χ0) is 6.69. The van der Waals surface area contributed by atoms with E-state index in [1.165, 1.54) is 0 Å². The molecule has 0 aromatic heterocycles. The van der Waals surface area contributed by atoms with Crippen molar-refractivity contribution in [2.24, 2.45) is 4.99 Å². The van der Waals surface area contributed by atoms with Crippen LogP contribution in [0, 0.1) is 0 Å². The smallest absolute Gasteiger partial charge is 0.245 e. The summed E-state index contributed by atoms with van der Waals surface area (Å²) in [7, 11) is 4.06. The Morgan fingerprint density at radius 1 is 1.56 bits per heavy atom. The first-order valence-electron chi connectivity index (χ1n) is 2.89. The van der Waals surface area contributed by atoms with Gasteiger partial charge in [0.25, 0.3) is 0 Å². The van der Waals surface area contributed by atoms with Crippen LogP contribution in [0.4, 0.5) is 0 Å². The third-order valence-corrected chi connectivity index (χ3v) is 1.01. The lowest BCUT2D eigenvalue weighted by Gasteiger charge is -2.04. The molecule has 0 unspecified atom stereocenters. The van der Waals surface area contributed by atoms with E-state index in [0.29, 0.717) is 0 Å². The van der Waals surface area contributed by atoms with Crippen LogP contribution in [-0.4, -0.2) is 32.0 Å². The Bertz CT molecular complexity index is 125. The minimum absolute atomic E-state index is 0.903. The molecule has 0 aliphatic carbocycles. The summed E-state index contributed by atoms with van der Waals surface area (Å²) < 4.78 is 0. The predicted molar refractivity (Wildman–Crippen MR) is 38.3 cm³/mol. The van der Waals surface area contributed by atoms with Gasteiger partial charge in [-0.15, -0.1) is 0 Å². The number of hydrogen-bond donors (Lipinski definition) is 0. The minimum atomic E-state index is 0.903. The van der Waals surface area contributed by atoms with Crippen molar-refractivity contribution in [2.45, 2.75) is 0 Å². The van der Waals surface area contributed by atoms with Gasteiger partial charge in [0, 0.05) is 0 Å². The molecule has 1 radical (unpaired) electrons. The summed E-state index contributed by atoms with van der Waals surface area (Å²) in [6, 6.07) is 0. The molecule has 0 aromatic rings. The van der Waals surface area contributed by atoms with Crippen molar-refractivity contribution in [3.63, 3.8) is 0 Å². The predicted octanol–water partition coefficient (Wildman–Crippen LogP) is 0.159. The van der Waals surface area contributed by atoms with Crippen LogP contribution in [0.25, 0.3) is 0 Å². The third-order valence-electron chi connectivity index (χ3n) is 1.01. The Morgan fingerprint density at radius 3 is 2.78 bits per heavy atom.